The number of rotatable bonds is 7. The first-order valence-corrected chi connectivity index (χ1v) is 33.1. The molecule has 22 nitrogen and oxygen atoms in total. The lowest BCUT2D eigenvalue weighted by Crippen LogP contribution is -2.19. The highest BCUT2D eigenvalue weighted by molar-refractivity contribution is 6.30. The molecule has 8 aromatic carbocycles. The van der Waals surface area contributed by atoms with E-state index in [1.54, 1.807) is 170 Å². The fourth-order valence-electron chi connectivity index (χ4n) is 12.1. The van der Waals surface area contributed by atoms with E-state index >= 15 is 0 Å². The number of hydrogen-bond acceptors (Lipinski definition) is 22. The second-order valence-corrected chi connectivity index (χ2v) is 24.7. The Bertz CT molecular complexity index is 5690. The zero-order valence-corrected chi connectivity index (χ0v) is 56.4. The second kappa shape index (κ2) is 28.1. The van der Waals surface area contributed by atoms with E-state index in [0.29, 0.717) is 84.3 Å². The van der Waals surface area contributed by atoms with E-state index in [1.807, 2.05) is 75.4 Å². The van der Waals surface area contributed by atoms with Crippen molar-refractivity contribution in [1.29, 1.82) is 0 Å². The Kier molecular flexibility index (Phi) is 17.8. The van der Waals surface area contributed by atoms with Crippen molar-refractivity contribution in [2.45, 2.75) is 26.7 Å². The van der Waals surface area contributed by atoms with Gasteiger partial charge in [-0.2, -0.15) is 0 Å². The van der Waals surface area contributed by atoms with Gasteiger partial charge in [-0.15, -0.1) is 6.42 Å². The molecular weight excluding hydrogens is 1360 g/mol. The quantitative estimate of drug-likeness (QED) is 0.134. The number of carbonyl (C=O) groups excluding carboxylic acids is 10. The van der Waals surface area contributed by atoms with E-state index < -0.39 is 0 Å². The third-order valence-corrected chi connectivity index (χ3v) is 17.5. The van der Waals surface area contributed by atoms with Crippen LogP contribution in [-0.4, -0.2) is 94.3 Å². The average Bonchev–Trinajstić information content (AvgIpc) is 1.68. The Labute approximate surface area is 605 Å². The molecule has 0 aliphatic heterocycles. The van der Waals surface area contributed by atoms with Crippen molar-refractivity contribution < 1.29 is 74.8 Å². The number of terminal acetylenes is 1. The third-order valence-electron chi connectivity index (χ3n) is 17.5. The molecule has 0 spiro atoms. The fourth-order valence-corrected chi connectivity index (χ4v) is 12.1. The van der Waals surface area contributed by atoms with Crippen molar-refractivity contribution >= 4 is 57.8 Å². The van der Waals surface area contributed by atoms with Crippen molar-refractivity contribution in [3.63, 3.8) is 0 Å². The van der Waals surface area contributed by atoms with Gasteiger partial charge in [0.05, 0.1) is 5.56 Å². The monoisotopic (exact) mass is 1410 g/mol. The minimum absolute atomic E-state index is 0.00227. The summed E-state index contributed by atoms with van der Waals surface area (Å²) in [6, 6.07) is 60.7. The summed E-state index contributed by atoms with van der Waals surface area (Å²) in [4.78, 5) is 149. The number of carbonyl (C=O) groups is 10. The molecule has 0 atom stereocenters. The molecule has 107 heavy (non-hydrogen) atoms. The molecule has 0 unspecified atom stereocenters. The first-order valence-electron chi connectivity index (χ1n) is 33.1. The molecule has 5 aliphatic rings. The van der Waals surface area contributed by atoms with Crippen LogP contribution < -0.4 is 4.74 Å². The van der Waals surface area contributed by atoms with E-state index in [9.17, 15) is 47.9 Å². The van der Waals surface area contributed by atoms with Gasteiger partial charge in [0.15, 0.2) is 34.4 Å². The van der Waals surface area contributed by atoms with Crippen LogP contribution in [-0.2, 0) is 0 Å². The molecule has 0 saturated carbocycles. The highest BCUT2D eigenvalue weighted by atomic mass is 16.5. The average molecular weight is 1410 g/mol. The summed E-state index contributed by atoms with van der Waals surface area (Å²) in [6.45, 7) is 5.96. The van der Waals surface area contributed by atoms with Gasteiger partial charge in [-0.05, 0) is 67.6 Å². The minimum Gasteiger partial charge on any atom is -0.481 e. The van der Waals surface area contributed by atoms with Crippen LogP contribution in [0.1, 0.15) is 192 Å². The van der Waals surface area contributed by atoms with Gasteiger partial charge in [0.1, 0.15) is 12.4 Å². The molecule has 5 aliphatic carbocycles. The van der Waals surface area contributed by atoms with Crippen molar-refractivity contribution in [2.75, 3.05) is 6.61 Å². The number of pyridine rings is 1. The first kappa shape index (κ1) is 67.8. The number of nitrogens with zero attached hydrogens (tertiary/aromatic N) is 6. The molecule has 0 radical (unpaired) electrons. The molecule has 6 heterocycles. The standard InChI is InChI=1S/C20H11NO4.C18H11NO3.C17H9NO3.C16H8N2O3.C14H11NO3/c1-2-11-24-13-9-7-12(8-10-13)20-21-16-17(22)14-5-3-4-6-15(14)18(23)19(16)25-20;1-10-6-8-11(9-7-10)18-19-14-15(20)12-4-2-3-5-13(12)16(21)17(14)22-18;19-14-11-8-4-5-9-12(11)15(20)16-13(14)18-17(21-16)10-6-2-1-3-7-10;19-13-10-5-1-2-6-11(10)14(20)15-12(13)18-16(21-15)9-4-3-7-17-8-9;1-7(2)14-15-10-11(16)8-5-3-4-6-9(8)12(17)13(10)18-14/h1,3-10H,11H2;2-9H,1H3;1-9H;1-8H;3-7H,1-2H3. The highest BCUT2D eigenvalue weighted by Crippen LogP contribution is 2.37. The zero-order chi connectivity index (χ0) is 74.3. The van der Waals surface area contributed by atoms with E-state index in [1.165, 1.54) is 0 Å². The predicted molar refractivity (Wildman–Crippen MR) is 382 cm³/mol. The predicted octanol–water partition coefficient (Wildman–Crippen LogP) is 14.8. The maximum Gasteiger partial charge on any atom is 0.231 e. The molecule has 0 N–H and O–H groups in total. The van der Waals surface area contributed by atoms with Gasteiger partial charge in [-0.1, -0.05) is 177 Å². The smallest absolute Gasteiger partial charge is 0.231 e. The van der Waals surface area contributed by atoms with Crippen LogP contribution in [0.4, 0.5) is 0 Å². The molecular formula is C85H50N6O16. The lowest BCUT2D eigenvalue weighted by Gasteiger charge is -2.10. The topological polar surface area (TPSA) is 323 Å². The van der Waals surface area contributed by atoms with Crippen molar-refractivity contribution in [3.8, 4) is 63.9 Å². The Morgan fingerprint density at radius 1 is 0.327 bits per heavy atom. The second-order valence-electron chi connectivity index (χ2n) is 24.7. The molecule has 19 rings (SSSR count). The normalized spacial score (nSPS) is 12.9. The summed E-state index contributed by atoms with van der Waals surface area (Å²) in [5.74, 6) is 1.68. The molecule has 0 fully saturated rings. The van der Waals surface area contributed by atoms with Gasteiger partial charge in [0, 0.05) is 90.6 Å². The molecule has 0 amide bonds. The summed E-state index contributed by atoms with van der Waals surface area (Å²) in [7, 11) is 0. The molecule has 6 aromatic heterocycles. The van der Waals surface area contributed by atoms with E-state index in [2.05, 4.69) is 35.8 Å². The van der Waals surface area contributed by atoms with Gasteiger partial charge >= 0.3 is 0 Å². The maximum atomic E-state index is 12.6. The maximum absolute atomic E-state index is 12.6. The summed E-state index contributed by atoms with van der Waals surface area (Å²) in [5.41, 5.74) is 7.96. The fraction of sp³-hybridized carbons (Fsp3) is 0.0588. The van der Waals surface area contributed by atoms with Crippen LogP contribution in [0.15, 0.2) is 247 Å². The molecule has 0 saturated heterocycles. The zero-order valence-electron chi connectivity index (χ0n) is 56.4. The molecule has 22 heteroatoms. The molecule has 14 aromatic rings. The van der Waals surface area contributed by atoms with Gasteiger partial charge in [0.2, 0.25) is 110 Å². The lowest BCUT2D eigenvalue weighted by molar-refractivity contribution is 0.0958. The summed E-state index contributed by atoms with van der Waals surface area (Å²) in [6.07, 6.45) is 8.34. The summed E-state index contributed by atoms with van der Waals surface area (Å²) in [5, 5.41) is 0. The summed E-state index contributed by atoms with van der Waals surface area (Å²) >= 11 is 0. The third kappa shape index (κ3) is 12.5. The number of aryl methyl sites for hydroxylation is 1. The van der Waals surface area contributed by atoms with Crippen LogP contribution in [0.25, 0.3) is 45.8 Å². The van der Waals surface area contributed by atoms with Crippen LogP contribution >= 0.6 is 0 Å². The van der Waals surface area contributed by atoms with Gasteiger partial charge < -0.3 is 26.8 Å². The number of hydrogen-bond donors (Lipinski definition) is 0. The molecule has 0 bridgehead atoms. The van der Waals surface area contributed by atoms with Gasteiger partial charge in [-0.3, -0.25) is 52.9 Å². The largest absolute Gasteiger partial charge is 0.481 e. The Hall–Kier alpha value is -15.0. The van der Waals surface area contributed by atoms with Crippen LogP contribution in [0.3, 0.4) is 0 Å². The number of oxazole rings is 5. The van der Waals surface area contributed by atoms with E-state index in [-0.39, 0.29) is 145 Å². The SMILES string of the molecule is C#CCOc1ccc(-c2nc3c(o2)C(=O)c2ccccc2C3=O)cc1.CC(C)c1nc2c(o1)C(=O)c1ccccc1C2=O.Cc1ccc(-c2nc3c(o2)C(=O)c2ccccc2C3=O)cc1.O=C1c2ccccc2C(=O)c2oc(-c3ccccc3)nc21.O=C1c2ccccc2C(=O)c2oc(-c3cccnc3)nc21. The highest BCUT2D eigenvalue weighted by Gasteiger charge is 2.40. The lowest BCUT2D eigenvalue weighted by atomic mass is 9.91. The van der Waals surface area contributed by atoms with Gasteiger partial charge in [-0.25, -0.2) is 24.9 Å². The number of aromatic nitrogens is 6. The van der Waals surface area contributed by atoms with Crippen molar-refractivity contribution in [2.24, 2.45) is 0 Å². The minimum atomic E-state index is -0.335. The van der Waals surface area contributed by atoms with Gasteiger partial charge in [0.25, 0.3) is 0 Å². The van der Waals surface area contributed by atoms with Crippen LogP contribution in [0, 0.1) is 19.3 Å². The van der Waals surface area contributed by atoms with E-state index in [4.69, 9.17) is 33.2 Å². The Balaban J connectivity index is 0.000000107. The number of ether oxygens (including phenoxy) is 1. The number of benzene rings is 8. The van der Waals surface area contributed by atoms with Crippen LogP contribution in [0.5, 0.6) is 5.75 Å². The van der Waals surface area contributed by atoms with Crippen LogP contribution in [0.2, 0.25) is 0 Å². The number of fused-ring (bicyclic) bond motifs is 10. The van der Waals surface area contributed by atoms with E-state index in [0.717, 1.165) is 16.7 Å². The first-order chi connectivity index (χ1) is 51.9. The Morgan fingerprint density at radius 3 is 0.925 bits per heavy atom. The number of ketones is 10. The summed E-state index contributed by atoms with van der Waals surface area (Å²) < 4.78 is 33.0. The van der Waals surface area contributed by atoms with Crippen molar-refractivity contribution in [1.82, 2.24) is 29.9 Å². The molecule has 516 valence electrons. The Morgan fingerprint density at radius 2 is 0.607 bits per heavy atom. The van der Waals surface area contributed by atoms with Crippen molar-refractivity contribution in [3.05, 3.63) is 349 Å².